The number of carbonyl (C=O) groups excluding carboxylic acids is 2. The smallest absolute Gasteiger partial charge is 0.243 e. The number of benzene rings is 2. The third-order valence-electron chi connectivity index (χ3n) is 4.20. The van der Waals surface area contributed by atoms with Gasteiger partial charge in [0.25, 0.3) is 0 Å². The van der Waals surface area contributed by atoms with E-state index in [0.717, 1.165) is 11.3 Å². The molecule has 0 spiro atoms. The summed E-state index contributed by atoms with van der Waals surface area (Å²) in [6, 6.07) is 13.5. The van der Waals surface area contributed by atoms with Crippen molar-refractivity contribution in [2.24, 2.45) is 5.10 Å². The van der Waals surface area contributed by atoms with Crippen LogP contribution in [0.5, 0.6) is 5.75 Å². The highest BCUT2D eigenvalue weighted by molar-refractivity contribution is 6.02. The maximum absolute atomic E-state index is 13.2. The molecule has 0 bridgehead atoms. The lowest BCUT2D eigenvalue weighted by Gasteiger charge is -2.12. The zero-order chi connectivity index (χ0) is 19.2. The molecular formula is C20H20FN3O3. The first-order valence-electron chi connectivity index (χ1n) is 8.63. The van der Waals surface area contributed by atoms with Gasteiger partial charge in [-0.15, -0.1) is 0 Å². The fourth-order valence-corrected chi connectivity index (χ4v) is 2.80. The molecule has 140 valence electrons. The third kappa shape index (κ3) is 4.69. The zero-order valence-corrected chi connectivity index (χ0v) is 14.9. The largest absolute Gasteiger partial charge is 0.494 e. The van der Waals surface area contributed by atoms with E-state index in [1.54, 1.807) is 0 Å². The van der Waals surface area contributed by atoms with Crippen LogP contribution in [0.2, 0.25) is 0 Å². The predicted octanol–water partition coefficient (Wildman–Crippen LogP) is 3.19. The molecule has 0 fully saturated rings. The number of ether oxygens (including phenoxy) is 1. The molecular weight excluding hydrogens is 349 g/mol. The summed E-state index contributed by atoms with van der Waals surface area (Å²) in [6.07, 6.45) is 0.738. The number of carbonyl (C=O) groups is 2. The number of halogens is 1. The molecule has 1 aliphatic heterocycles. The minimum Gasteiger partial charge on any atom is -0.494 e. The highest BCUT2D eigenvalue weighted by Gasteiger charge is 2.22. The summed E-state index contributed by atoms with van der Waals surface area (Å²) in [5.74, 6) is -0.783. The van der Waals surface area contributed by atoms with Crippen LogP contribution in [0.15, 0.2) is 53.6 Å². The zero-order valence-electron chi connectivity index (χ0n) is 14.9. The Kier molecular flexibility index (Phi) is 5.80. The molecule has 27 heavy (non-hydrogen) atoms. The molecule has 0 aromatic heterocycles. The number of rotatable bonds is 6. The van der Waals surface area contributed by atoms with Crippen molar-refractivity contribution >= 4 is 23.2 Å². The Balaban J connectivity index is 1.54. The standard InChI is InChI=1S/C20H20FN3O3/c1-27-18-13-15(21)7-8-17(18)22-19(25)9-10-20(26)24-12-11-16(23-24)14-5-3-2-4-6-14/h2-8,13H,9-12H2,1H3,(H,22,25). The average Bonchev–Trinajstić information content (AvgIpc) is 3.18. The Hall–Kier alpha value is -3.22. The van der Waals surface area contributed by atoms with Gasteiger partial charge in [-0.2, -0.15) is 5.10 Å². The normalized spacial score (nSPS) is 13.3. The Morgan fingerprint density at radius 2 is 1.96 bits per heavy atom. The van der Waals surface area contributed by atoms with Crippen LogP contribution in [0.3, 0.4) is 0 Å². The van der Waals surface area contributed by atoms with Crippen molar-refractivity contribution in [2.75, 3.05) is 19.0 Å². The number of hydrogen-bond acceptors (Lipinski definition) is 4. The summed E-state index contributed by atoms with van der Waals surface area (Å²) in [7, 11) is 1.39. The topological polar surface area (TPSA) is 71.0 Å². The van der Waals surface area contributed by atoms with Crippen LogP contribution < -0.4 is 10.1 Å². The van der Waals surface area contributed by atoms with Gasteiger partial charge in [-0.25, -0.2) is 9.40 Å². The van der Waals surface area contributed by atoms with Crippen molar-refractivity contribution in [2.45, 2.75) is 19.3 Å². The first kappa shape index (κ1) is 18.6. The first-order chi connectivity index (χ1) is 13.1. The molecule has 3 rings (SSSR count). The Labute approximate surface area is 156 Å². The van der Waals surface area contributed by atoms with Crippen LogP contribution >= 0.6 is 0 Å². The quantitative estimate of drug-likeness (QED) is 0.850. The maximum atomic E-state index is 13.2. The minimum absolute atomic E-state index is 0.00601. The van der Waals surface area contributed by atoms with Crippen LogP contribution in [0.4, 0.5) is 10.1 Å². The number of nitrogens with zero attached hydrogens (tertiary/aromatic N) is 2. The predicted molar refractivity (Wildman–Crippen MR) is 100 cm³/mol. The highest BCUT2D eigenvalue weighted by Crippen LogP contribution is 2.25. The molecule has 1 N–H and O–H groups in total. The molecule has 2 amide bonds. The van der Waals surface area contributed by atoms with Gasteiger partial charge in [-0.3, -0.25) is 9.59 Å². The van der Waals surface area contributed by atoms with Crippen LogP contribution in [0.25, 0.3) is 0 Å². The van der Waals surface area contributed by atoms with E-state index in [4.69, 9.17) is 4.74 Å². The SMILES string of the molecule is COc1cc(F)ccc1NC(=O)CCC(=O)N1CCC(c2ccccc2)=N1. The van der Waals surface area contributed by atoms with Crippen molar-refractivity contribution < 1.29 is 18.7 Å². The van der Waals surface area contributed by atoms with Crippen molar-refractivity contribution in [1.82, 2.24) is 5.01 Å². The molecule has 0 unspecified atom stereocenters. The second-order valence-electron chi connectivity index (χ2n) is 6.07. The summed E-state index contributed by atoms with van der Waals surface area (Å²) < 4.78 is 18.2. The molecule has 0 atom stereocenters. The summed E-state index contributed by atoms with van der Waals surface area (Å²) in [5, 5.41) is 8.41. The minimum atomic E-state index is -0.457. The van der Waals surface area contributed by atoms with E-state index in [2.05, 4.69) is 10.4 Å². The van der Waals surface area contributed by atoms with Gasteiger partial charge in [0.1, 0.15) is 11.6 Å². The molecule has 0 radical (unpaired) electrons. The Morgan fingerprint density at radius 1 is 1.19 bits per heavy atom. The van der Waals surface area contributed by atoms with Crippen LogP contribution in [-0.4, -0.2) is 36.2 Å². The van der Waals surface area contributed by atoms with Gasteiger partial charge in [-0.1, -0.05) is 30.3 Å². The van der Waals surface area contributed by atoms with Crippen molar-refractivity contribution in [3.05, 3.63) is 59.9 Å². The lowest BCUT2D eigenvalue weighted by atomic mass is 10.1. The highest BCUT2D eigenvalue weighted by atomic mass is 19.1. The van der Waals surface area contributed by atoms with Gasteiger partial charge in [0.2, 0.25) is 11.8 Å². The van der Waals surface area contributed by atoms with Gasteiger partial charge < -0.3 is 10.1 Å². The number of amides is 2. The fourth-order valence-electron chi connectivity index (χ4n) is 2.80. The number of nitrogens with one attached hydrogen (secondary N) is 1. The van der Waals surface area contributed by atoms with Crippen molar-refractivity contribution in [3.8, 4) is 5.75 Å². The molecule has 6 nitrogen and oxygen atoms in total. The van der Waals surface area contributed by atoms with E-state index < -0.39 is 5.82 Å². The summed E-state index contributed by atoms with van der Waals surface area (Å²) in [4.78, 5) is 24.4. The molecule has 0 saturated carbocycles. The summed E-state index contributed by atoms with van der Waals surface area (Å²) >= 11 is 0. The molecule has 7 heteroatoms. The van der Waals surface area contributed by atoms with E-state index in [-0.39, 0.29) is 30.4 Å². The van der Waals surface area contributed by atoms with Gasteiger partial charge >= 0.3 is 0 Å². The van der Waals surface area contributed by atoms with E-state index in [0.29, 0.717) is 18.7 Å². The number of anilines is 1. The van der Waals surface area contributed by atoms with E-state index in [9.17, 15) is 14.0 Å². The van der Waals surface area contributed by atoms with E-state index in [1.807, 2.05) is 30.3 Å². The molecule has 2 aromatic carbocycles. The molecule has 2 aromatic rings. The molecule has 0 aliphatic carbocycles. The van der Waals surface area contributed by atoms with Gasteiger partial charge in [-0.05, 0) is 17.7 Å². The van der Waals surface area contributed by atoms with Crippen LogP contribution in [0, 0.1) is 5.82 Å². The maximum Gasteiger partial charge on any atom is 0.243 e. The van der Waals surface area contributed by atoms with E-state index in [1.165, 1.54) is 30.3 Å². The third-order valence-corrected chi connectivity index (χ3v) is 4.20. The Bertz CT molecular complexity index is 868. The van der Waals surface area contributed by atoms with Gasteiger partial charge in [0.05, 0.1) is 25.1 Å². The van der Waals surface area contributed by atoms with E-state index >= 15 is 0 Å². The second-order valence-corrected chi connectivity index (χ2v) is 6.07. The Morgan fingerprint density at radius 3 is 2.70 bits per heavy atom. The summed E-state index contributed by atoms with van der Waals surface area (Å²) in [6.45, 7) is 0.510. The summed E-state index contributed by atoms with van der Waals surface area (Å²) in [5.41, 5.74) is 2.22. The van der Waals surface area contributed by atoms with Crippen molar-refractivity contribution in [1.29, 1.82) is 0 Å². The molecule has 1 aliphatic rings. The van der Waals surface area contributed by atoms with Crippen molar-refractivity contribution in [3.63, 3.8) is 0 Å². The lowest BCUT2D eigenvalue weighted by molar-refractivity contribution is -0.132. The van der Waals surface area contributed by atoms with Gasteiger partial charge in [0.15, 0.2) is 0 Å². The number of hydrazone groups is 1. The van der Waals surface area contributed by atoms with Crippen LogP contribution in [-0.2, 0) is 9.59 Å². The lowest BCUT2D eigenvalue weighted by Crippen LogP contribution is -2.25. The van der Waals surface area contributed by atoms with Crippen LogP contribution in [0.1, 0.15) is 24.8 Å². The number of hydrogen-bond donors (Lipinski definition) is 1. The average molecular weight is 369 g/mol. The second kappa shape index (κ2) is 8.44. The number of methoxy groups -OCH3 is 1. The van der Waals surface area contributed by atoms with Gasteiger partial charge in [0, 0.05) is 25.3 Å². The fraction of sp³-hybridized carbons (Fsp3) is 0.250. The molecule has 1 heterocycles. The first-order valence-corrected chi connectivity index (χ1v) is 8.63. The monoisotopic (exact) mass is 369 g/mol. The molecule has 0 saturated heterocycles.